The summed E-state index contributed by atoms with van der Waals surface area (Å²) < 4.78 is 6.51. The quantitative estimate of drug-likeness (QED) is 0.694. The maximum atomic E-state index is 6.28. The van der Waals surface area contributed by atoms with Gasteiger partial charge in [0, 0.05) is 16.9 Å². The molecule has 0 radical (unpaired) electrons. The van der Waals surface area contributed by atoms with E-state index in [-0.39, 0.29) is 0 Å². The van der Waals surface area contributed by atoms with Crippen LogP contribution in [0.5, 0.6) is 5.75 Å². The molecular formula is C21H19BrN4O. The number of rotatable bonds is 3. The summed E-state index contributed by atoms with van der Waals surface area (Å²) in [6.45, 7) is 4.06. The number of methoxy groups -OCH3 is 1. The van der Waals surface area contributed by atoms with Crippen LogP contribution in [0.4, 0.5) is 0 Å². The van der Waals surface area contributed by atoms with Gasteiger partial charge in [-0.1, -0.05) is 28.1 Å². The normalized spacial score (nSPS) is 18.1. The fraction of sp³-hybridized carbons (Fsp3) is 0.190. The SMILES string of the molecule is COc1c(C)cc([C@]2(c3cccc(Br)c3)N=C(N)c3nccnc32)cc1C. The molecule has 0 fully saturated rings. The lowest BCUT2D eigenvalue weighted by Crippen LogP contribution is -2.27. The third-order valence-electron chi connectivity index (χ3n) is 4.90. The molecule has 1 aliphatic rings. The Kier molecular flexibility index (Phi) is 4.23. The summed E-state index contributed by atoms with van der Waals surface area (Å²) in [7, 11) is 1.69. The number of nitrogens with two attached hydrogens (primary N) is 1. The largest absolute Gasteiger partial charge is 0.496 e. The van der Waals surface area contributed by atoms with Gasteiger partial charge in [-0.25, -0.2) is 9.98 Å². The minimum absolute atomic E-state index is 0.393. The van der Waals surface area contributed by atoms with Crippen molar-refractivity contribution in [3.63, 3.8) is 0 Å². The number of aliphatic imine (C=N–C) groups is 1. The van der Waals surface area contributed by atoms with Crippen LogP contribution in [0.25, 0.3) is 0 Å². The van der Waals surface area contributed by atoms with Crippen LogP contribution < -0.4 is 10.5 Å². The predicted octanol–water partition coefficient (Wildman–Crippen LogP) is 3.88. The zero-order valence-electron chi connectivity index (χ0n) is 15.3. The first-order valence-corrected chi connectivity index (χ1v) is 9.35. The molecule has 0 saturated carbocycles. The topological polar surface area (TPSA) is 73.4 Å². The molecule has 1 aliphatic heterocycles. The molecule has 2 N–H and O–H groups in total. The lowest BCUT2D eigenvalue weighted by atomic mass is 9.79. The highest BCUT2D eigenvalue weighted by Crippen LogP contribution is 2.46. The van der Waals surface area contributed by atoms with Gasteiger partial charge in [-0.15, -0.1) is 0 Å². The minimum atomic E-state index is -0.848. The van der Waals surface area contributed by atoms with Crippen molar-refractivity contribution in [3.8, 4) is 5.75 Å². The minimum Gasteiger partial charge on any atom is -0.496 e. The summed E-state index contributed by atoms with van der Waals surface area (Å²) in [5.74, 6) is 1.27. The van der Waals surface area contributed by atoms with Crippen LogP contribution in [0.3, 0.4) is 0 Å². The first-order valence-electron chi connectivity index (χ1n) is 8.56. The second kappa shape index (κ2) is 6.46. The number of amidine groups is 1. The Bertz CT molecular complexity index is 1060. The van der Waals surface area contributed by atoms with Crippen LogP contribution >= 0.6 is 15.9 Å². The number of ether oxygens (including phenoxy) is 1. The Hall–Kier alpha value is -2.73. The lowest BCUT2D eigenvalue weighted by molar-refractivity contribution is 0.408. The highest BCUT2D eigenvalue weighted by Gasteiger charge is 2.45. The molecule has 0 bridgehead atoms. The fourth-order valence-corrected chi connectivity index (χ4v) is 4.24. The summed E-state index contributed by atoms with van der Waals surface area (Å²) in [6, 6.07) is 12.3. The van der Waals surface area contributed by atoms with Gasteiger partial charge in [-0.05, 0) is 60.4 Å². The van der Waals surface area contributed by atoms with Gasteiger partial charge in [-0.2, -0.15) is 0 Å². The summed E-state index contributed by atoms with van der Waals surface area (Å²) in [4.78, 5) is 14.0. The van der Waals surface area contributed by atoms with E-state index in [0.29, 0.717) is 11.5 Å². The second-order valence-electron chi connectivity index (χ2n) is 6.61. The number of benzene rings is 2. The zero-order valence-corrected chi connectivity index (χ0v) is 16.9. The molecule has 5 nitrogen and oxygen atoms in total. The fourth-order valence-electron chi connectivity index (χ4n) is 3.84. The molecule has 2 heterocycles. The first-order chi connectivity index (χ1) is 13.0. The maximum absolute atomic E-state index is 6.28. The van der Waals surface area contributed by atoms with E-state index in [0.717, 1.165) is 38.2 Å². The number of hydrogen-bond donors (Lipinski definition) is 1. The Morgan fingerprint density at radius 2 is 1.70 bits per heavy atom. The number of halogens is 1. The summed E-state index contributed by atoms with van der Waals surface area (Å²) >= 11 is 3.58. The van der Waals surface area contributed by atoms with Crippen LogP contribution in [0.2, 0.25) is 0 Å². The summed E-state index contributed by atoms with van der Waals surface area (Å²) in [5.41, 5.74) is 10.8. The molecule has 0 aliphatic carbocycles. The van der Waals surface area contributed by atoms with Crippen molar-refractivity contribution in [2.24, 2.45) is 10.7 Å². The van der Waals surface area contributed by atoms with Gasteiger partial charge < -0.3 is 10.5 Å². The highest BCUT2D eigenvalue weighted by atomic mass is 79.9. The number of hydrogen-bond acceptors (Lipinski definition) is 5. The monoisotopic (exact) mass is 422 g/mol. The third kappa shape index (κ3) is 2.63. The molecule has 27 heavy (non-hydrogen) atoms. The van der Waals surface area contributed by atoms with Crippen LogP contribution in [-0.4, -0.2) is 22.9 Å². The smallest absolute Gasteiger partial charge is 0.157 e. The van der Waals surface area contributed by atoms with Crippen molar-refractivity contribution in [2.45, 2.75) is 19.4 Å². The molecule has 4 rings (SSSR count). The van der Waals surface area contributed by atoms with Gasteiger partial charge in [-0.3, -0.25) is 4.98 Å². The van der Waals surface area contributed by atoms with Crippen molar-refractivity contribution in [1.82, 2.24) is 9.97 Å². The molecule has 1 aromatic heterocycles. The number of fused-ring (bicyclic) bond motifs is 1. The van der Waals surface area contributed by atoms with Crippen LogP contribution in [0.1, 0.15) is 33.6 Å². The molecule has 0 unspecified atom stereocenters. The standard InChI is InChI=1S/C21H19BrN4O/c1-12-9-15(10-13(2)18(12)27-3)21(14-5-4-6-16(22)11-14)19-17(20(23)26-21)24-7-8-25-19/h4-11H,1-3H3,(H2,23,26)/t21-/m0/s1. The van der Waals surface area contributed by atoms with Gasteiger partial charge in [0.15, 0.2) is 5.54 Å². The van der Waals surface area contributed by atoms with Gasteiger partial charge in [0.1, 0.15) is 23.0 Å². The van der Waals surface area contributed by atoms with E-state index in [2.05, 4.69) is 44.1 Å². The van der Waals surface area contributed by atoms with Crippen LogP contribution in [-0.2, 0) is 5.54 Å². The molecule has 2 aromatic carbocycles. The van der Waals surface area contributed by atoms with Crippen LogP contribution in [0, 0.1) is 13.8 Å². The number of aryl methyl sites for hydroxylation is 2. The van der Waals surface area contributed by atoms with Crippen molar-refractivity contribution < 1.29 is 4.74 Å². The Labute approximate surface area is 166 Å². The van der Waals surface area contributed by atoms with E-state index in [9.17, 15) is 0 Å². The van der Waals surface area contributed by atoms with Crippen molar-refractivity contribution in [2.75, 3.05) is 7.11 Å². The molecule has 0 amide bonds. The predicted molar refractivity (Wildman–Crippen MR) is 109 cm³/mol. The van der Waals surface area contributed by atoms with E-state index in [1.807, 2.05) is 32.0 Å². The molecule has 136 valence electrons. The second-order valence-corrected chi connectivity index (χ2v) is 7.53. The van der Waals surface area contributed by atoms with Crippen molar-refractivity contribution >= 4 is 21.8 Å². The number of aromatic nitrogens is 2. The molecule has 0 saturated heterocycles. The molecule has 6 heteroatoms. The molecule has 1 atom stereocenters. The zero-order chi connectivity index (χ0) is 19.2. The van der Waals surface area contributed by atoms with Gasteiger partial charge in [0.25, 0.3) is 0 Å². The summed E-state index contributed by atoms with van der Waals surface area (Å²) in [5, 5.41) is 0. The highest BCUT2D eigenvalue weighted by molar-refractivity contribution is 9.10. The van der Waals surface area contributed by atoms with Gasteiger partial charge in [0.2, 0.25) is 0 Å². The third-order valence-corrected chi connectivity index (χ3v) is 5.39. The molecular weight excluding hydrogens is 404 g/mol. The van der Waals surface area contributed by atoms with E-state index in [4.69, 9.17) is 15.5 Å². The Balaban J connectivity index is 2.09. The average molecular weight is 423 g/mol. The Morgan fingerprint density at radius 1 is 1.00 bits per heavy atom. The number of nitrogens with zero attached hydrogens (tertiary/aromatic N) is 3. The van der Waals surface area contributed by atoms with E-state index in [1.165, 1.54) is 0 Å². The first kappa shape index (κ1) is 17.7. The maximum Gasteiger partial charge on any atom is 0.157 e. The average Bonchev–Trinajstić information content (AvgIpc) is 2.96. The molecule has 3 aromatic rings. The van der Waals surface area contributed by atoms with E-state index >= 15 is 0 Å². The molecule has 0 spiro atoms. The van der Waals surface area contributed by atoms with Crippen LogP contribution in [0.15, 0.2) is 58.3 Å². The summed E-state index contributed by atoms with van der Waals surface area (Å²) in [6.07, 6.45) is 3.33. The van der Waals surface area contributed by atoms with Crippen molar-refractivity contribution in [1.29, 1.82) is 0 Å². The Morgan fingerprint density at radius 3 is 2.37 bits per heavy atom. The van der Waals surface area contributed by atoms with E-state index < -0.39 is 5.54 Å². The van der Waals surface area contributed by atoms with Gasteiger partial charge in [0.05, 0.1) is 7.11 Å². The van der Waals surface area contributed by atoms with Gasteiger partial charge >= 0.3 is 0 Å². The lowest BCUT2D eigenvalue weighted by Gasteiger charge is -2.29. The van der Waals surface area contributed by atoms with E-state index in [1.54, 1.807) is 19.5 Å². The van der Waals surface area contributed by atoms with Crippen molar-refractivity contribution in [3.05, 3.63) is 86.9 Å².